The minimum absolute atomic E-state index is 0.0433. The molecule has 0 aromatic heterocycles. The minimum atomic E-state index is -4.05. The van der Waals surface area contributed by atoms with Crippen LogP contribution in [0.25, 0.3) is 0 Å². The molecule has 0 saturated carbocycles. The summed E-state index contributed by atoms with van der Waals surface area (Å²) in [5.74, 6) is -1.78. The van der Waals surface area contributed by atoms with Gasteiger partial charge in [0.05, 0.1) is 16.1 Å². The van der Waals surface area contributed by atoms with Crippen molar-refractivity contribution in [2.24, 2.45) is 0 Å². The molecule has 156 valence electrons. The molecule has 1 aliphatic rings. The lowest BCUT2D eigenvalue weighted by Crippen LogP contribution is -2.28. The number of sulfonamides is 1. The fourth-order valence-corrected chi connectivity index (χ4v) is 4.92. The van der Waals surface area contributed by atoms with Gasteiger partial charge in [0.25, 0.3) is 10.0 Å². The molecule has 0 bridgehead atoms. The van der Waals surface area contributed by atoms with Crippen LogP contribution < -0.4 is 9.62 Å². The molecule has 0 aliphatic carbocycles. The summed E-state index contributed by atoms with van der Waals surface area (Å²) in [6.07, 6.45) is 5.41. The average molecular weight is 421 g/mol. The maximum atomic E-state index is 13.5. The smallest absolute Gasteiger partial charge is 0.337 e. The number of rotatable bonds is 5. The molecule has 8 heteroatoms. The van der Waals surface area contributed by atoms with E-state index in [4.69, 9.17) is 0 Å². The Kier molecular flexibility index (Phi) is 6.42. The van der Waals surface area contributed by atoms with Crippen molar-refractivity contribution in [1.82, 2.24) is 0 Å². The van der Waals surface area contributed by atoms with E-state index in [-0.39, 0.29) is 16.1 Å². The molecular weight excluding hydrogens is 395 g/mol. The van der Waals surface area contributed by atoms with Gasteiger partial charge in [0, 0.05) is 18.8 Å². The van der Waals surface area contributed by atoms with Gasteiger partial charge in [-0.2, -0.15) is 0 Å². The molecule has 6 nitrogen and oxygen atoms in total. The summed E-state index contributed by atoms with van der Waals surface area (Å²) in [6.45, 7) is 3.11. The van der Waals surface area contributed by atoms with Crippen molar-refractivity contribution in [2.45, 2.75) is 43.9 Å². The summed E-state index contributed by atoms with van der Waals surface area (Å²) in [5, 5.41) is 9.69. The van der Waals surface area contributed by atoms with E-state index in [2.05, 4.69) is 9.62 Å². The molecular formula is C21H25FN2O4S. The van der Waals surface area contributed by atoms with Crippen LogP contribution in [0.3, 0.4) is 0 Å². The number of carboxylic acid groups (broad SMARTS) is 1. The van der Waals surface area contributed by atoms with Crippen LogP contribution >= 0.6 is 0 Å². The number of nitrogens with zero attached hydrogens (tertiary/aromatic N) is 1. The fraction of sp³-hybridized carbons (Fsp3) is 0.381. The second-order valence-corrected chi connectivity index (χ2v) is 8.96. The average Bonchev–Trinajstić information content (AvgIpc) is 2.63. The molecule has 0 unspecified atom stereocenters. The first-order chi connectivity index (χ1) is 13.8. The summed E-state index contributed by atoms with van der Waals surface area (Å²) in [4.78, 5) is 13.7. The van der Waals surface area contributed by atoms with E-state index in [9.17, 15) is 22.7 Å². The van der Waals surface area contributed by atoms with Crippen molar-refractivity contribution in [3.8, 4) is 0 Å². The molecule has 0 radical (unpaired) electrons. The molecule has 1 fully saturated rings. The second kappa shape index (κ2) is 8.82. The van der Waals surface area contributed by atoms with Crippen LogP contribution in [0.4, 0.5) is 15.8 Å². The summed E-state index contributed by atoms with van der Waals surface area (Å²) in [7, 11) is -4.05. The predicted octanol–water partition coefficient (Wildman–Crippen LogP) is 4.40. The molecule has 3 rings (SSSR count). The van der Waals surface area contributed by atoms with E-state index in [0.717, 1.165) is 44.8 Å². The molecule has 1 saturated heterocycles. The number of aromatic carboxylic acids is 1. The number of anilines is 2. The van der Waals surface area contributed by atoms with Crippen LogP contribution in [0.2, 0.25) is 0 Å². The zero-order valence-corrected chi connectivity index (χ0v) is 17.1. The topological polar surface area (TPSA) is 86.7 Å². The SMILES string of the molecule is Cc1ccc(F)cc1S(=O)(=O)Nc1ccc(N2CCCCCCC2)c(C(=O)O)c1. The Labute approximate surface area is 170 Å². The van der Waals surface area contributed by atoms with Crippen molar-refractivity contribution in [2.75, 3.05) is 22.7 Å². The van der Waals surface area contributed by atoms with Crippen LogP contribution in [-0.4, -0.2) is 32.6 Å². The van der Waals surface area contributed by atoms with Crippen molar-refractivity contribution >= 4 is 27.4 Å². The van der Waals surface area contributed by atoms with Gasteiger partial charge in [-0.3, -0.25) is 4.72 Å². The minimum Gasteiger partial charge on any atom is -0.478 e. The Balaban J connectivity index is 1.92. The zero-order valence-electron chi connectivity index (χ0n) is 16.3. The Morgan fingerprint density at radius 1 is 1.03 bits per heavy atom. The number of halogens is 1. The highest BCUT2D eigenvalue weighted by molar-refractivity contribution is 7.92. The van der Waals surface area contributed by atoms with Gasteiger partial charge in [0.15, 0.2) is 0 Å². The standard InChI is InChI=1S/C21H25FN2O4S/c1-15-7-8-16(22)13-20(15)29(27,28)23-17-9-10-19(18(14-17)21(25)26)24-11-5-3-2-4-6-12-24/h7-10,13-14,23H,2-6,11-12H2,1H3,(H,25,26). The van der Waals surface area contributed by atoms with Crippen LogP contribution in [0.5, 0.6) is 0 Å². The summed E-state index contributed by atoms with van der Waals surface area (Å²) in [5.41, 5.74) is 1.16. The number of hydrogen-bond donors (Lipinski definition) is 2. The Morgan fingerprint density at radius 2 is 1.69 bits per heavy atom. The van der Waals surface area contributed by atoms with Crippen molar-refractivity contribution in [3.05, 3.63) is 53.3 Å². The van der Waals surface area contributed by atoms with Crippen molar-refractivity contribution in [1.29, 1.82) is 0 Å². The van der Waals surface area contributed by atoms with Gasteiger partial charge in [-0.15, -0.1) is 0 Å². The summed E-state index contributed by atoms with van der Waals surface area (Å²) in [6, 6.07) is 8.04. The molecule has 1 aliphatic heterocycles. The van der Waals surface area contributed by atoms with E-state index in [1.54, 1.807) is 19.1 Å². The third kappa shape index (κ3) is 5.06. The number of nitrogens with one attached hydrogen (secondary N) is 1. The maximum absolute atomic E-state index is 13.5. The number of hydrogen-bond acceptors (Lipinski definition) is 4. The van der Waals surface area contributed by atoms with E-state index in [0.29, 0.717) is 11.3 Å². The molecule has 2 N–H and O–H groups in total. The van der Waals surface area contributed by atoms with Crippen LogP contribution in [0, 0.1) is 12.7 Å². The Hall–Kier alpha value is -2.61. The number of benzene rings is 2. The molecule has 1 heterocycles. The number of aryl methyl sites for hydroxylation is 1. The van der Waals surface area contributed by atoms with Gasteiger partial charge in [-0.05, 0) is 55.7 Å². The summed E-state index contributed by atoms with van der Waals surface area (Å²) < 4.78 is 41.3. The molecule has 2 aromatic rings. The highest BCUT2D eigenvalue weighted by Crippen LogP contribution is 2.28. The normalized spacial score (nSPS) is 15.4. The van der Waals surface area contributed by atoms with Crippen LogP contribution in [-0.2, 0) is 10.0 Å². The molecule has 0 spiro atoms. The van der Waals surface area contributed by atoms with E-state index < -0.39 is 21.8 Å². The first-order valence-electron chi connectivity index (χ1n) is 9.69. The summed E-state index contributed by atoms with van der Waals surface area (Å²) >= 11 is 0. The van der Waals surface area contributed by atoms with Crippen molar-refractivity contribution < 1.29 is 22.7 Å². The van der Waals surface area contributed by atoms with Crippen LogP contribution in [0.1, 0.15) is 48.0 Å². The maximum Gasteiger partial charge on any atom is 0.337 e. The van der Waals surface area contributed by atoms with Gasteiger partial charge in [0.2, 0.25) is 0 Å². The lowest BCUT2D eigenvalue weighted by atomic mass is 10.1. The highest BCUT2D eigenvalue weighted by atomic mass is 32.2. The largest absolute Gasteiger partial charge is 0.478 e. The first-order valence-corrected chi connectivity index (χ1v) is 11.2. The van der Waals surface area contributed by atoms with Gasteiger partial charge >= 0.3 is 5.97 Å². The number of carboxylic acids is 1. The second-order valence-electron chi connectivity index (χ2n) is 7.31. The van der Waals surface area contributed by atoms with Crippen LogP contribution in [0.15, 0.2) is 41.3 Å². The highest BCUT2D eigenvalue weighted by Gasteiger charge is 2.21. The first kappa shape index (κ1) is 21.1. The number of carbonyl (C=O) groups is 1. The third-order valence-electron chi connectivity index (χ3n) is 5.12. The Bertz CT molecular complexity index is 1000. The van der Waals surface area contributed by atoms with Gasteiger partial charge < -0.3 is 10.0 Å². The van der Waals surface area contributed by atoms with Gasteiger partial charge in [-0.1, -0.05) is 25.3 Å². The lowest BCUT2D eigenvalue weighted by Gasteiger charge is -2.28. The monoisotopic (exact) mass is 420 g/mol. The van der Waals surface area contributed by atoms with Gasteiger partial charge in [-0.25, -0.2) is 17.6 Å². The zero-order chi connectivity index (χ0) is 21.0. The van der Waals surface area contributed by atoms with E-state index in [1.807, 2.05) is 0 Å². The molecule has 0 amide bonds. The predicted molar refractivity (Wildman–Crippen MR) is 111 cm³/mol. The van der Waals surface area contributed by atoms with Gasteiger partial charge in [0.1, 0.15) is 5.82 Å². The molecule has 2 aromatic carbocycles. The Morgan fingerprint density at radius 3 is 2.34 bits per heavy atom. The molecule has 0 atom stereocenters. The third-order valence-corrected chi connectivity index (χ3v) is 6.64. The molecule has 29 heavy (non-hydrogen) atoms. The van der Waals surface area contributed by atoms with E-state index in [1.165, 1.54) is 24.6 Å². The van der Waals surface area contributed by atoms with E-state index >= 15 is 0 Å². The lowest BCUT2D eigenvalue weighted by molar-refractivity contribution is 0.0697. The quantitative estimate of drug-likeness (QED) is 0.749. The fourth-order valence-electron chi connectivity index (χ4n) is 3.61. The van der Waals surface area contributed by atoms with Crippen molar-refractivity contribution in [3.63, 3.8) is 0 Å².